The van der Waals surface area contributed by atoms with Crippen LogP contribution in [0, 0.1) is 12.8 Å². The third-order valence-corrected chi connectivity index (χ3v) is 4.15. The van der Waals surface area contributed by atoms with Crippen molar-refractivity contribution < 1.29 is 14.3 Å². The van der Waals surface area contributed by atoms with Gasteiger partial charge in [-0.3, -0.25) is 4.79 Å². The number of hydrogen-bond acceptors (Lipinski definition) is 3. The minimum absolute atomic E-state index is 0.0570. The van der Waals surface area contributed by atoms with Crippen molar-refractivity contribution in [3.8, 4) is 5.75 Å². The molecule has 1 aromatic carbocycles. The number of aryl methyl sites for hydroxylation is 1. The molecule has 4 nitrogen and oxygen atoms in total. The fourth-order valence-electron chi connectivity index (χ4n) is 2.66. The van der Waals surface area contributed by atoms with Crippen LogP contribution in [0.3, 0.4) is 0 Å². The number of rotatable bonds is 8. The fourth-order valence-corrected chi connectivity index (χ4v) is 2.66. The maximum absolute atomic E-state index is 12.6. The maximum atomic E-state index is 12.6. The van der Waals surface area contributed by atoms with Crippen molar-refractivity contribution >= 4 is 11.6 Å². The van der Waals surface area contributed by atoms with Gasteiger partial charge in [0.05, 0.1) is 6.61 Å². The second-order valence-electron chi connectivity index (χ2n) is 6.10. The van der Waals surface area contributed by atoms with Crippen molar-refractivity contribution in [2.75, 3.05) is 18.5 Å². The molecule has 0 aromatic heterocycles. The minimum Gasteiger partial charge on any atom is -0.493 e. The van der Waals surface area contributed by atoms with Crippen molar-refractivity contribution in [1.29, 1.82) is 0 Å². The van der Waals surface area contributed by atoms with E-state index in [1.165, 1.54) is 0 Å². The van der Waals surface area contributed by atoms with Crippen LogP contribution in [0.2, 0.25) is 0 Å². The van der Waals surface area contributed by atoms with E-state index >= 15 is 0 Å². The Labute approximate surface area is 133 Å². The average Bonchev–Trinajstić information content (AvgIpc) is 3.31. The summed E-state index contributed by atoms with van der Waals surface area (Å²) in [6, 6.07) is 5.74. The van der Waals surface area contributed by atoms with E-state index in [4.69, 9.17) is 9.47 Å². The van der Waals surface area contributed by atoms with Gasteiger partial charge in [-0.05, 0) is 69.7 Å². The zero-order valence-electron chi connectivity index (χ0n) is 14.1. The summed E-state index contributed by atoms with van der Waals surface area (Å²) in [5.74, 6) is 1.15. The highest BCUT2D eigenvalue weighted by atomic mass is 16.5. The molecule has 1 atom stereocenters. The molecule has 1 fully saturated rings. The van der Waals surface area contributed by atoms with E-state index < -0.39 is 5.60 Å². The second-order valence-corrected chi connectivity index (χ2v) is 6.10. The number of carbonyl (C=O) groups excluding carboxylic acids is 1. The molecular weight excluding hydrogens is 278 g/mol. The normalized spacial score (nSPS) is 16.9. The first-order chi connectivity index (χ1) is 10.5. The summed E-state index contributed by atoms with van der Waals surface area (Å²) in [5.41, 5.74) is 1.09. The van der Waals surface area contributed by atoms with Crippen LogP contribution >= 0.6 is 0 Å². The highest BCUT2D eigenvalue weighted by molar-refractivity contribution is 5.97. The molecule has 0 radical (unpaired) electrons. The summed E-state index contributed by atoms with van der Waals surface area (Å²) in [4.78, 5) is 12.6. The Balaban J connectivity index is 2.06. The summed E-state index contributed by atoms with van der Waals surface area (Å²) in [6.07, 6.45) is 3.10. The molecule has 1 N–H and O–H groups in total. The standard InChI is InChI=1S/C18H27NO3/c1-5-11-21-16-10-9-15(12-13(16)3)19-17(20)18(4,22-6-2)14-7-8-14/h9-10,12,14H,5-8,11H2,1-4H3,(H,19,20)/t18-/m0/s1. The van der Waals surface area contributed by atoms with E-state index in [2.05, 4.69) is 12.2 Å². The van der Waals surface area contributed by atoms with Gasteiger partial charge in [0.1, 0.15) is 11.4 Å². The lowest BCUT2D eigenvalue weighted by Gasteiger charge is -2.28. The number of ether oxygens (including phenoxy) is 2. The van der Waals surface area contributed by atoms with E-state index in [9.17, 15) is 4.79 Å². The highest BCUT2D eigenvalue weighted by Gasteiger charge is 2.48. The Bertz CT molecular complexity index is 525. The predicted octanol–water partition coefficient (Wildman–Crippen LogP) is 3.93. The first-order valence-electron chi connectivity index (χ1n) is 8.20. The maximum Gasteiger partial charge on any atom is 0.256 e. The molecule has 1 aromatic rings. The third kappa shape index (κ3) is 3.80. The van der Waals surface area contributed by atoms with Gasteiger partial charge in [0, 0.05) is 12.3 Å². The lowest BCUT2D eigenvalue weighted by molar-refractivity contribution is -0.141. The van der Waals surface area contributed by atoms with Crippen molar-refractivity contribution in [2.45, 2.75) is 52.6 Å². The van der Waals surface area contributed by atoms with Crippen LogP contribution in [-0.4, -0.2) is 24.7 Å². The van der Waals surface area contributed by atoms with E-state index in [0.29, 0.717) is 19.1 Å². The lowest BCUT2D eigenvalue weighted by atomic mass is 9.98. The summed E-state index contributed by atoms with van der Waals surface area (Å²) >= 11 is 0. The molecule has 2 rings (SSSR count). The van der Waals surface area contributed by atoms with Crippen molar-refractivity contribution in [2.24, 2.45) is 5.92 Å². The van der Waals surface area contributed by atoms with Crippen LogP contribution in [0.4, 0.5) is 5.69 Å². The first-order valence-corrected chi connectivity index (χ1v) is 8.20. The van der Waals surface area contributed by atoms with E-state index in [1.807, 2.05) is 39.0 Å². The van der Waals surface area contributed by atoms with Gasteiger partial charge in [0.2, 0.25) is 0 Å². The zero-order chi connectivity index (χ0) is 16.2. The van der Waals surface area contributed by atoms with Gasteiger partial charge in [-0.15, -0.1) is 0 Å². The van der Waals surface area contributed by atoms with Crippen LogP contribution in [-0.2, 0) is 9.53 Å². The molecule has 1 aliphatic carbocycles. The Morgan fingerprint density at radius 1 is 1.36 bits per heavy atom. The zero-order valence-corrected chi connectivity index (χ0v) is 14.1. The smallest absolute Gasteiger partial charge is 0.256 e. The number of carbonyl (C=O) groups is 1. The minimum atomic E-state index is -0.722. The molecule has 0 aliphatic heterocycles. The largest absolute Gasteiger partial charge is 0.493 e. The molecule has 1 aliphatic rings. The summed E-state index contributed by atoms with van der Waals surface area (Å²) in [7, 11) is 0. The van der Waals surface area contributed by atoms with E-state index in [-0.39, 0.29) is 5.91 Å². The number of anilines is 1. The lowest BCUT2D eigenvalue weighted by Crippen LogP contribution is -2.44. The molecular formula is C18H27NO3. The molecule has 0 heterocycles. The number of hydrogen-bond donors (Lipinski definition) is 1. The van der Waals surface area contributed by atoms with Gasteiger partial charge < -0.3 is 14.8 Å². The topological polar surface area (TPSA) is 47.6 Å². The van der Waals surface area contributed by atoms with Crippen LogP contribution in [0.25, 0.3) is 0 Å². The molecule has 4 heteroatoms. The number of amides is 1. The molecule has 22 heavy (non-hydrogen) atoms. The summed E-state index contributed by atoms with van der Waals surface area (Å²) < 4.78 is 11.4. The van der Waals surface area contributed by atoms with Crippen LogP contribution in [0.1, 0.15) is 45.6 Å². The van der Waals surface area contributed by atoms with Crippen LogP contribution in [0.5, 0.6) is 5.75 Å². The quantitative estimate of drug-likeness (QED) is 0.791. The van der Waals surface area contributed by atoms with Gasteiger partial charge in [0.25, 0.3) is 5.91 Å². The van der Waals surface area contributed by atoms with E-state index in [1.54, 1.807) is 0 Å². The van der Waals surface area contributed by atoms with Crippen LogP contribution in [0.15, 0.2) is 18.2 Å². The second kappa shape index (κ2) is 7.14. The molecule has 0 saturated heterocycles. The molecule has 1 saturated carbocycles. The highest BCUT2D eigenvalue weighted by Crippen LogP contribution is 2.42. The molecule has 0 unspecified atom stereocenters. The SMILES string of the molecule is CCCOc1ccc(NC(=O)[C@@](C)(OCC)C2CC2)cc1C. The molecule has 0 spiro atoms. The summed E-state index contributed by atoms with van der Waals surface area (Å²) in [6.45, 7) is 9.15. The Hall–Kier alpha value is -1.55. The predicted molar refractivity (Wildman–Crippen MR) is 88.3 cm³/mol. The number of benzene rings is 1. The third-order valence-electron chi connectivity index (χ3n) is 4.15. The average molecular weight is 305 g/mol. The van der Waals surface area contributed by atoms with Gasteiger partial charge in [-0.1, -0.05) is 6.92 Å². The van der Waals surface area contributed by atoms with E-state index in [0.717, 1.165) is 36.3 Å². The van der Waals surface area contributed by atoms with Crippen molar-refractivity contribution in [1.82, 2.24) is 0 Å². The van der Waals surface area contributed by atoms with Gasteiger partial charge in [0.15, 0.2) is 0 Å². The Kier molecular flexibility index (Phi) is 5.46. The van der Waals surface area contributed by atoms with Crippen LogP contribution < -0.4 is 10.1 Å². The molecule has 0 bridgehead atoms. The Morgan fingerprint density at radius 3 is 2.64 bits per heavy atom. The molecule has 122 valence electrons. The van der Waals surface area contributed by atoms with Gasteiger partial charge >= 0.3 is 0 Å². The molecule has 1 amide bonds. The first kappa shape index (κ1) is 16.8. The monoisotopic (exact) mass is 305 g/mol. The number of nitrogens with one attached hydrogen (secondary N) is 1. The van der Waals surface area contributed by atoms with Crippen molar-refractivity contribution in [3.05, 3.63) is 23.8 Å². The van der Waals surface area contributed by atoms with Gasteiger partial charge in [-0.2, -0.15) is 0 Å². The Morgan fingerprint density at radius 2 is 2.09 bits per heavy atom. The fraction of sp³-hybridized carbons (Fsp3) is 0.611. The van der Waals surface area contributed by atoms with Gasteiger partial charge in [-0.25, -0.2) is 0 Å². The summed E-state index contributed by atoms with van der Waals surface area (Å²) in [5, 5.41) is 2.99. The van der Waals surface area contributed by atoms with Crippen molar-refractivity contribution in [3.63, 3.8) is 0 Å².